The number of likely N-dealkylation sites (tertiary alicyclic amines) is 1. The highest BCUT2D eigenvalue weighted by Gasteiger charge is 2.45. The lowest BCUT2D eigenvalue weighted by Crippen LogP contribution is -2.48. The first-order valence-corrected chi connectivity index (χ1v) is 9.75. The number of amides is 1. The van der Waals surface area contributed by atoms with Gasteiger partial charge in [0.1, 0.15) is 5.82 Å². The molecule has 1 amide bonds. The minimum Gasteiger partial charge on any atom is -0.450 e. The summed E-state index contributed by atoms with van der Waals surface area (Å²) in [6, 6.07) is 4.71. The van der Waals surface area contributed by atoms with E-state index < -0.39 is 0 Å². The van der Waals surface area contributed by atoms with Crippen molar-refractivity contribution in [3.63, 3.8) is 0 Å². The van der Waals surface area contributed by atoms with Gasteiger partial charge in [-0.3, -0.25) is 4.99 Å². The molecule has 0 atom stereocenters. The zero-order chi connectivity index (χ0) is 19.4. The topological polar surface area (TPSA) is 80.0 Å². The third-order valence-electron chi connectivity index (χ3n) is 5.28. The molecule has 6 nitrogen and oxygen atoms in total. The lowest BCUT2D eigenvalue weighted by molar-refractivity contribution is 0.0963. The third kappa shape index (κ3) is 5.62. The number of aliphatic imine (C=N–C) groups is 1. The van der Waals surface area contributed by atoms with Crippen molar-refractivity contribution in [3.8, 4) is 0 Å². The van der Waals surface area contributed by atoms with Crippen LogP contribution in [0.1, 0.15) is 38.2 Å². The number of nitrogens with zero attached hydrogens (tertiary/aromatic N) is 2. The summed E-state index contributed by atoms with van der Waals surface area (Å²) in [6.07, 6.45) is 3.26. The molecular weight excluding hydrogens is 498 g/mol. The van der Waals surface area contributed by atoms with Crippen molar-refractivity contribution in [3.05, 3.63) is 34.6 Å². The number of carbonyl (C=O) groups is 1. The van der Waals surface area contributed by atoms with E-state index in [1.807, 2.05) is 0 Å². The normalized spacial score (nSPS) is 19.0. The molecule has 1 heterocycles. The van der Waals surface area contributed by atoms with Crippen LogP contribution in [0.25, 0.3) is 0 Å². The molecule has 0 aromatic heterocycles. The van der Waals surface area contributed by atoms with Crippen LogP contribution >= 0.6 is 35.6 Å². The number of nitrogens with one attached hydrogen (secondary N) is 1. The number of piperidine rings is 1. The van der Waals surface area contributed by atoms with E-state index >= 15 is 0 Å². The zero-order valence-corrected chi connectivity index (χ0v) is 19.0. The largest absolute Gasteiger partial charge is 0.450 e. The van der Waals surface area contributed by atoms with Gasteiger partial charge in [-0.1, -0.05) is 17.7 Å². The molecule has 156 valence electrons. The average Bonchev–Trinajstić information content (AvgIpc) is 3.42. The minimum absolute atomic E-state index is 0. The third-order valence-corrected chi connectivity index (χ3v) is 5.59. The van der Waals surface area contributed by atoms with Gasteiger partial charge in [0.05, 0.1) is 13.2 Å². The monoisotopic (exact) mass is 524 g/mol. The fraction of sp³-hybridized carbons (Fsp3) is 0.579. The number of guanidine groups is 1. The molecule has 3 rings (SSSR count). The first kappa shape index (κ1) is 23.0. The van der Waals surface area contributed by atoms with E-state index in [1.165, 1.54) is 12.1 Å². The number of ether oxygens (including phenoxy) is 1. The van der Waals surface area contributed by atoms with Gasteiger partial charge in [0.2, 0.25) is 0 Å². The fourth-order valence-electron chi connectivity index (χ4n) is 3.50. The average molecular weight is 525 g/mol. The first-order valence-electron chi connectivity index (χ1n) is 9.37. The van der Waals surface area contributed by atoms with E-state index in [0.717, 1.165) is 31.2 Å². The highest BCUT2D eigenvalue weighted by atomic mass is 127. The van der Waals surface area contributed by atoms with Crippen LogP contribution in [0, 0.1) is 5.82 Å². The molecule has 0 unspecified atom stereocenters. The molecule has 28 heavy (non-hydrogen) atoms. The van der Waals surface area contributed by atoms with Crippen LogP contribution in [0.4, 0.5) is 9.18 Å². The Labute approximate surface area is 187 Å². The second kappa shape index (κ2) is 9.96. The van der Waals surface area contributed by atoms with E-state index in [4.69, 9.17) is 22.1 Å². The van der Waals surface area contributed by atoms with Crippen LogP contribution in [0.2, 0.25) is 5.02 Å². The van der Waals surface area contributed by atoms with E-state index in [9.17, 15) is 9.18 Å². The van der Waals surface area contributed by atoms with Crippen molar-refractivity contribution in [1.29, 1.82) is 0 Å². The fourth-order valence-corrected chi connectivity index (χ4v) is 3.86. The SMILES string of the molecule is CCOC(=O)N1CCC(NC(N)=NCC2(c3ccc(F)cc3Cl)CC2)CC1.I. The van der Waals surface area contributed by atoms with Gasteiger partial charge in [-0.25, -0.2) is 9.18 Å². The molecule has 3 N–H and O–H groups in total. The Hall–Kier alpha value is -1.29. The smallest absolute Gasteiger partial charge is 0.409 e. The summed E-state index contributed by atoms with van der Waals surface area (Å²) in [5.74, 6) is 0.0625. The van der Waals surface area contributed by atoms with Gasteiger partial charge in [0.25, 0.3) is 0 Å². The van der Waals surface area contributed by atoms with Gasteiger partial charge in [-0.2, -0.15) is 0 Å². The quantitative estimate of drug-likeness (QED) is 0.350. The lowest BCUT2D eigenvalue weighted by Gasteiger charge is -2.31. The molecule has 1 saturated heterocycles. The molecule has 1 aromatic carbocycles. The molecule has 1 aromatic rings. The number of benzene rings is 1. The molecule has 1 aliphatic heterocycles. The van der Waals surface area contributed by atoms with Crippen molar-refractivity contribution in [2.24, 2.45) is 10.7 Å². The summed E-state index contributed by atoms with van der Waals surface area (Å²) >= 11 is 6.21. The molecular formula is C19H27ClFIN4O2. The lowest BCUT2D eigenvalue weighted by atomic mass is 9.96. The van der Waals surface area contributed by atoms with Crippen molar-refractivity contribution in [2.45, 2.75) is 44.1 Å². The number of halogens is 3. The summed E-state index contributed by atoms with van der Waals surface area (Å²) in [5, 5.41) is 3.69. The van der Waals surface area contributed by atoms with Crippen molar-refractivity contribution in [1.82, 2.24) is 10.2 Å². The Morgan fingerprint density at radius 2 is 2.11 bits per heavy atom. The number of rotatable bonds is 5. The zero-order valence-electron chi connectivity index (χ0n) is 15.9. The van der Waals surface area contributed by atoms with Crippen LogP contribution in [0.3, 0.4) is 0 Å². The Morgan fingerprint density at radius 3 is 2.68 bits per heavy atom. The highest BCUT2D eigenvalue weighted by Crippen LogP contribution is 2.50. The Kier molecular flexibility index (Phi) is 8.18. The maximum Gasteiger partial charge on any atom is 0.409 e. The predicted octanol–water partition coefficient (Wildman–Crippen LogP) is 3.65. The minimum atomic E-state index is -0.335. The molecule has 1 saturated carbocycles. The van der Waals surface area contributed by atoms with Crippen LogP contribution in [-0.2, 0) is 10.2 Å². The summed E-state index contributed by atoms with van der Waals surface area (Å²) in [6.45, 7) is 3.99. The standard InChI is InChI=1S/C19H26ClFN4O2.HI/c1-2-27-18(26)25-9-5-14(6-10-25)24-17(22)23-12-19(7-8-19)15-4-3-13(21)11-16(15)20;/h3-4,11,14H,2,5-10,12H2,1H3,(H3,22,23,24);1H. The van der Waals surface area contributed by atoms with E-state index in [1.54, 1.807) is 17.9 Å². The van der Waals surface area contributed by atoms with Gasteiger partial charge in [-0.05, 0) is 50.3 Å². The van der Waals surface area contributed by atoms with Crippen LogP contribution in [0.15, 0.2) is 23.2 Å². The highest BCUT2D eigenvalue weighted by molar-refractivity contribution is 14.0. The molecule has 0 radical (unpaired) electrons. The van der Waals surface area contributed by atoms with Gasteiger partial charge in [0.15, 0.2) is 5.96 Å². The Balaban J connectivity index is 0.00000280. The molecule has 2 aliphatic rings. The second-order valence-corrected chi connectivity index (χ2v) is 7.62. The van der Waals surface area contributed by atoms with E-state index in [0.29, 0.717) is 37.2 Å². The molecule has 2 fully saturated rings. The number of carbonyl (C=O) groups excluding carboxylic acids is 1. The Bertz CT molecular complexity index is 722. The molecule has 1 aliphatic carbocycles. The maximum atomic E-state index is 13.3. The van der Waals surface area contributed by atoms with Crippen molar-refractivity contribution >= 4 is 47.6 Å². The van der Waals surface area contributed by atoms with Crippen molar-refractivity contribution in [2.75, 3.05) is 26.2 Å². The Morgan fingerprint density at radius 1 is 1.43 bits per heavy atom. The summed E-state index contributed by atoms with van der Waals surface area (Å²) in [4.78, 5) is 17.9. The van der Waals surface area contributed by atoms with E-state index in [2.05, 4.69) is 10.3 Å². The summed E-state index contributed by atoms with van der Waals surface area (Å²) in [7, 11) is 0. The molecule has 9 heteroatoms. The van der Waals surface area contributed by atoms with Gasteiger partial charge in [0, 0.05) is 29.6 Å². The summed E-state index contributed by atoms with van der Waals surface area (Å²) in [5.41, 5.74) is 6.86. The van der Waals surface area contributed by atoms with E-state index in [-0.39, 0.29) is 47.3 Å². The second-order valence-electron chi connectivity index (χ2n) is 7.21. The first-order chi connectivity index (χ1) is 12.9. The van der Waals surface area contributed by atoms with Crippen LogP contribution in [0.5, 0.6) is 0 Å². The molecule has 0 spiro atoms. The number of nitrogens with two attached hydrogens (primary N) is 1. The predicted molar refractivity (Wildman–Crippen MR) is 119 cm³/mol. The van der Waals surface area contributed by atoms with Crippen molar-refractivity contribution < 1.29 is 13.9 Å². The maximum absolute atomic E-state index is 13.3. The van der Waals surface area contributed by atoms with Crippen LogP contribution in [-0.4, -0.2) is 49.2 Å². The number of hydrogen-bond acceptors (Lipinski definition) is 3. The van der Waals surface area contributed by atoms with Gasteiger partial charge >= 0.3 is 6.09 Å². The van der Waals surface area contributed by atoms with Gasteiger partial charge < -0.3 is 20.7 Å². The van der Waals surface area contributed by atoms with Gasteiger partial charge in [-0.15, -0.1) is 24.0 Å². The van der Waals surface area contributed by atoms with Crippen LogP contribution < -0.4 is 11.1 Å². The molecule has 0 bridgehead atoms. The summed E-state index contributed by atoms with van der Waals surface area (Å²) < 4.78 is 18.3. The number of hydrogen-bond donors (Lipinski definition) is 2.